The highest BCUT2D eigenvalue weighted by atomic mass is 32.2. The van der Waals surface area contributed by atoms with E-state index in [4.69, 9.17) is 4.74 Å². The predicted octanol–water partition coefficient (Wildman–Crippen LogP) is 1.81. The average molecular weight is 312 g/mol. The Kier molecular flexibility index (Phi) is 5.03. The van der Waals surface area contributed by atoms with Gasteiger partial charge in [0.25, 0.3) is 0 Å². The van der Waals surface area contributed by atoms with Gasteiger partial charge >= 0.3 is 0 Å². The van der Waals surface area contributed by atoms with Crippen LogP contribution in [0.25, 0.3) is 0 Å². The second-order valence-corrected chi connectivity index (χ2v) is 7.50. The summed E-state index contributed by atoms with van der Waals surface area (Å²) in [6.45, 7) is 7.87. The van der Waals surface area contributed by atoms with Gasteiger partial charge in [-0.15, -0.1) is 0 Å². The number of ether oxygens (including phenoxy) is 1. The van der Waals surface area contributed by atoms with Crippen LogP contribution < -0.4 is 10.0 Å². The molecule has 1 fully saturated rings. The van der Waals surface area contributed by atoms with Crippen LogP contribution >= 0.6 is 0 Å². The molecule has 0 amide bonds. The molecule has 2 N–H and O–H groups in total. The first-order chi connectivity index (χ1) is 9.86. The lowest BCUT2D eigenvalue weighted by molar-refractivity contribution is 0.178. The van der Waals surface area contributed by atoms with Crippen molar-refractivity contribution in [1.29, 1.82) is 0 Å². The zero-order valence-electron chi connectivity index (χ0n) is 12.8. The van der Waals surface area contributed by atoms with E-state index in [1.807, 2.05) is 26.0 Å². The summed E-state index contributed by atoms with van der Waals surface area (Å²) in [4.78, 5) is 0.295. The molecule has 0 saturated carbocycles. The van der Waals surface area contributed by atoms with Gasteiger partial charge in [0, 0.05) is 12.6 Å². The molecule has 6 heteroatoms. The van der Waals surface area contributed by atoms with Gasteiger partial charge in [-0.1, -0.05) is 19.1 Å². The van der Waals surface area contributed by atoms with E-state index in [0.717, 1.165) is 12.1 Å². The SMILES string of the molecule is CCNC(C)c1ccc(S(=O)(=O)NC2(C)CCOC2)cc1. The van der Waals surface area contributed by atoms with E-state index in [0.29, 0.717) is 24.5 Å². The van der Waals surface area contributed by atoms with Crippen molar-refractivity contribution in [2.24, 2.45) is 0 Å². The molecule has 2 unspecified atom stereocenters. The molecule has 0 radical (unpaired) electrons. The summed E-state index contributed by atoms with van der Waals surface area (Å²) < 4.78 is 32.9. The van der Waals surface area contributed by atoms with Crippen LogP contribution in [0.3, 0.4) is 0 Å². The standard InChI is InChI=1S/C15H24N2O3S/c1-4-16-12(2)13-5-7-14(8-6-13)21(18,19)17-15(3)9-10-20-11-15/h5-8,12,16-17H,4,9-11H2,1-3H3. The van der Waals surface area contributed by atoms with Gasteiger partial charge in [-0.2, -0.15) is 0 Å². The van der Waals surface area contributed by atoms with Crippen LogP contribution in [0.5, 0.6) is 0 Å². The summed E-state index contributed by atoms with van der Waals surface area (Å²) in [6.07, 6.45) is 0.696. The first-order valence-electron chi connectivity index (χ1n) is 7.31. The Morgan fingerprint density at radius 1 is 1.33 bits per heavy atom. The lowest BCUT2D eigenvalue weighted by atomic mass is 10.0. The molecule has 21 heavy (non-hydrogen) atoms. The zero-order chi connectivity index (χ0) is 15.5. The van der Waals surface area contributed by atoms with Crippen molar-refractivity contribution >= 4 is 10.0 Å². The second-order valence-electron chi connectivity index (χ2n) is 5.82. The molecule has 1 aliphatic heterocycles. The fraction of sp³-hybridized carbons (Fsp3) is 0.600. The largest absolute Gasteiger partial charge is 0.379 e. The van der Waals surface area contributed by atoms with Crippen molar-refractivity contribution < 1.29 is 13.2 Å². The van der Waals surface area contributed by atoms with Gasteiger partial charge in [-0.25, -0.2) is 13.1 Å². The minimum absolute atomic E-state index is 0.209. The number of benzene rings is 1. The number of hydrogen-bond donors (Lipinski definition) is 2. The Hall–Kier alpha value is -0.950. The molecule has 0 aliphatic carbocycles. The highest BCUT2D eigenvalue weighted by Crippen LogP contribution is 2.22. The van der Waals surface area contributed by atoms with Crippen LogP contribution in [-0.2, 0) is 14.8 Å². The number of sulfonamides is 1. The van der Waals surface area contributed by atoms with Crippen LogP contribution in [0.15, 0.2) is 29.2 Å². The topological polar surface area (TPSA) is 67.4 Å². The van der Waals surface area contributed by atoms with Crippen molar-refractivity contribution in [1.82, 2.24) is 10.0 Å². The zero-order valence-corrected chi connectivity index (χ0v) is 13.7. The summed E-state index contributed by atoms with van der Waals surface area (Å²) in [6, 6.07) is 7.24. The molecule has 0 bridgehead atoms. The van der Waals surface area contributed by atoms with Gasteiger partial charge < -0.3 is 10.1 Å². The molecule has 1 aromatic carbocycles. The van der Waals surface area contributed by atoms with Gasteiger partial charge in [-0.3, -0.25) is 0 Å². The molecule has 1 heterocycles. The van der Waals surface area contributed by atoms with Crippen molar-refractivity contribution in [2.75, 3.05) is 19.8 Å². The molecule has 0 aromatic heterocycles. The molecule has 1 aliphatic rings. The van der Waals surface area contributed by atoms with E-state index in [9.17, 15) is 8.42 Å². The van der Waals surface area contributed by atoms with Crippen LogP contribution in [0.1, 0.15) is 38.8 Å². The highest BCUT2D eigenvalue weighted by molar-refractivity contribution is 7.89. The third kappa shape index (κ3) is 4.03. The molecule has 1 saturated heterocycles. The van der Waals surface area contributed by atoms with E-state index < -0.39 is 15.6 Å². The van der Waals surface area contributed by atoms with E-state index in [1.165, 1.54) is 0 Å². The Labute approximate surface area is 127 Å². The Morgan fingerprint density at radius 2 is 2.00 bits per heavy atom. The van der Waals surface area contributed by atoms with E-state index >= 15 is 0 Å². The summed E-state index contributed by atoms with van der Waals surface area (Å²) >= 11 is 0. The van der Waals surface area contributed by atoms with Crippen LogP contribution in [0.2, 0.25) is 0 Å². The minimum atomic E-state index is -3.51. The van der Waals surface area contributed by atoms with Crippen molar-refractivity contribution in [3.8, 4) is 0 Å². The average Bonchev–Trinajstić information content (AvgIpc) is 2.84. The monoisotopic (exact) mass is 312 g/mol. The fourth-order valence-corrected chi connectivity index (χ4v) is 3.91. The molecule has 2 atom stereocenters. The number of hydrogen-bond acceptors (Lipinski definition) is 4. The maximum Gasteiger partial charge on any atom is 0.241 e. The number of rotatable bonds is 6. The highest BCUT2D eigenvalue weighted by Gasteiger charge is 2.34. The maximum absolute atomic E-state index is 12.4. The molecule has 2 rings (SSSR count). The Bertz CT molecular complexity index is 563. The quantitative estimate of drug-likeness (QED) is 0.841. The molecular formula is C15H24N2O3S. The lowest BCUT2D eigenvalue weighted by Crippen LogP contribution is -2.46. The van der Waals surface area contributed by atoms with E-state index in [2.05, 4.69) is 17.0 Å². The molecule has 1 aromatic rings. The molecule has 0 spiro atoms. The Balaban J connectivity index is 2.13. The maximum atomic E-state index is 12.4. The minimum Gasteiger partial charge on any atom is -0.379 e. The second kappa shape index (κ2) is 6.44. The third-order valence-corrected chi connectivity index (χ3v) is 5.45. The van der Waals surface area contributed by atoms with Crippen molar-refractivity contribution in [3.05, 3.63) is 29.8 Å². The predicted molar refractivity (Wildman–Crippen MR) is 82.7 cm³/mol. The van der Waals surface area contributed by atoms with Gasteiger partial charge in [0.1, 0.15) is 0 Å². The van der Waals surface area contributed by atoms with Gasteiger partial charge in [-0.05, 0) is 44.5 Å². The summed E-state index contributed by atoms with van der Waals surface area (Å²) in [7, 11) is -3.51. The third-order valence-electron chi connectivity index (χ3n) is 3.80. The van der Waals surface area contributed by atoms with Crippen LogP contribution in [0.4, 0.5) is 0 Å². The lowest BCUT2D eigenvalue weighted by Gasteiger charge is -2.23. The van der Waals surface area contributed by atoms with Crippen molar-refractivity contribution in [2.45, 2.75) is 43.7 Å². The summed E-state index contributed by atoms with van der Waals surface area (Å²) in [5.41, 5.74) is 0.570. The van der Waals surface area contributed by atoms with E-state index in [1.54, 1.807) is 12.1 Å². The smallest absolute Gasteiger partial charge is 0.241 e. The van der Waals surface area contributed by atoms with Crippen molar-refractivity contribution in [3.63, 3.8) is 0 Å². The van der Waals surface area contributed by atoms with Gasteiger partial charge in [0.15, 0.2) is 0 Å². The first-order valence-corrected chi connectivity index (χ1v) is 8.80. The van der Waals surface area contributed by atoms with Crippen LogP contribution in [-0.4, -0.2) is 33.7 Å². The van der Waals surface area contributed by atoms with Gasteiger partial charge in [0.2, 0.25) is 10.0 Å². The summed E-state index contributed by atoms with van der Waals surface area (Å²) in [5.74, 6) is 0. The first kappa shape index (κ1) is 16.4. The Morgan fingerprint density at radius 3 is 2.52 bits per heavy atom. The van der Waals surface area contributed by atoms with Crippen LogP contribution in [0, 0.1) is 0 Å². The number of nitrogens with one attached hydrogen (secondary N) is 2. The fourth-order valence-electron chi connectivity index (χ4n) is 2.49. The van der Waals surface area contributed by atoms with Gasteiger partial charge in [0.05, 0.1) is 17.0 Å². The molecular weight excluding hydrogens is 288 g/mol. The summed E-state index contributed by atoms with van der Waals surface area (Å²) in [5, 5.41) is 3.30. The normalized spacial score (nSPS) is 24.1. The van der Waals surface area contributed by atoms with E-state index in [-0.39, 0.29) is 6.04 Å². The molecule has 5 nitrogen and oxygen atoms in total. The molecule has 118 valence electrons.